The third kappa shape index (κ3) is 4.99. The quantitative estimate of drug-likeness (QED) is 0.776. The summed E-state index contributed by atoms with van der Waals surface area (Å²) in [6.07, 6.45) is 0. The van der Waals surface area contributed by atoms with Crippen molar-refractivity contribution in [3.8, 4) is 5.75 Å². The Morgan fingerprint density at radius 3 is 2.68 bits per heavy atom. The molecule has 0 spiro atoms. The number of nitrogens with zero attached hydrogens (tertiary/aromatic N) is 1. The van der Waals surface area contributed by atoms with Crippen molar-refractivity contribution in [3.63, 3.8) is 0 Å². The minimum atomic E-state index is -0.0718. The molecule has 0 radical (unpaired) electrons. The van der Waals surface area contributed by atoms with Crippen molar-refractivity contribution in [2.24, 2.45) is 5.92 Å². The van der Waals surface area contributed by atoms with E-state index in [-0.39, 0.29) is 11.7 Å². The summed E-state index contributed by atoms with van der Waals surface area (Å²) in [4.78, 5) is 14.2. The molecular formula is C14H20INO3. The van der Waals surface area contributed by atoms with Crippen molar-refractivity contribution in [2.45, 2.75) is 13.8 Å². The number of hydrogen-bond acceptors (Lipinski definition) is 3. The average Bonchev–Trinajstić information content (AvgIpc) is 2.36. The lowest BCUT2D eigenvalue weighted by Crippen LogP contribution is -2.36. The fraction of sp³-hybridized carbons (Fsp3) is 0.500. The third-order valence-corrected chi connectivity index (χ3v) is 3.54. The SMILES string of the molecule is COCCN(CC(C)C)C(=O)c1ccc(I)c(O)c1. The first-order chi connectivity index (χ1) is 8.95. The van der Waals surface area contributed by atoms with Crippen molar-refractivity contribution < 1.29 is 14.6 Å². The summed E-state index contributed by atoms with van der Waals surface area (Å²) in [6.45, 7) is 5.88. The predicted octanol–water partition coefficient (Wildman–Crippen LogP) is 2.74. The van der Waals surface area contributed by atoms with Gasteiger partial charge >= 0.3 is 0 Å². The number of carbonyl (C=O) groups excluding carboxylic acids is 1. The highest BCUT2D eigenvalue weighted by atomic mass is 127. The molecule has 0 unspecified atom stereocenters. The molecule has 0 atom stereocenters. The number of phenolic OH excluding ortho intramolecular Hbond substituents is 1. The molecule has 1 N–H and O–H groups in total. The highest BCUT2D eigenvalue weighted by molar-refractivity contribution is 14.1. The van der Waals surface area contributed by atoms with Gasteiger partial charge in [-0.15, -0.1) is 0 Å². The summed E-state index contributed by atoms with van der Waals surface area (Å²) in [5.41, 5.74) is 0.509. The van der Waals surface area contributed by atoms with Crippen LogP contribution in [0.3, 0.4) is 0 Å². The molecule has 0 fully saturated rings. The molecule has 0 aliphatic heterocycles. The van der Waals surface area contributed by atoms with Crippen molar-refractivity contribution in [3.05, 3.63) is 27.3 Å². The molecule has 0 bridgehead atoms. The Bertz CT molecular complexity index is 435. The number of aromatic hydroxyl groups is 1. The minimum Gasteiger partial charge on any atom is -0.507 e. The van der Waals surface area contributed by atoms with Crippen LogP contribution in [0.4, 0.5) is 0 Å². The Labute approximate surface area is 127 Å². The zero-order valence-corrected chi connectivity index (χ0v) is 13.7. The normalized spacial score (nSPS) is 10.8. The van der Waals surface area contributed by atoms with E-state index in [9.17, 15) is 9.90 Å². The van der Waals surface area contributed by atoms with Gasteiger partial charge in [-0.05, 0) is 46.7 Å². The molecule has 0 aliphatic rings. The maximum atomic E-state index is 12.4. The highest BCUT2D eigenvalue weighted by Crippen LogP contribution is 2.21. The molecule has 1 rings (SSSR count). The molecule has 0 aromatic heterocycles. The average molecular weight is 377 g/mol. The summed E-state index contributed by atoms with van der Waals surface area (Å²) >= 11 is 2.03. The predicted molar refractivity (Wildman–Crippen MR) is 83.4 cm³/mol. The summed E-state index contributed by atoms with van der Waals surface area (Å²) in [5, 5.41) is 9.69. The Kier molecular flexibility index (Phi) is 6.57. The van der Waals surface area contributed by atoms with E-state index in [0.29, 0.717) is 31.2 Å². The number of ether oxygens (including phenoxy) is 1. The zero-order chi connectivity index (χ0) is 14.4. The molecule has 4 nitrogen and oxygen atoms in total. The van der Waals surface area contributed by atoms with E-state index in [1.807, 2.05) is 22.6 Å². The lowest BCUT2D eigenvalue weighted by molar-refractivity contribution is 0.0672. The van der Waals surface area contributed by atoms with E-state index in [2.05, 4.69) is 13.8 Å². The second-order valence-corrected chi connectivity index (χ2v) is 5.97. The van der Waals surface area contributed by atoms with E-state index >= 15 is 0 Å². The summed E-state index contributed by atoms with van der Waals surface area (Å²) in [7, 11) is 1.62. The van der Waals surface area contributed by atoms with Gasteiger partial charge in [-0.1, -0.05) is 13.8 Å². The van der Waals surface area contributed by atoms with E-state index < -0.39 is 0 Å². The van der Waals surface area contributed by atoms with Crippen LogP contribution in [-0.4, -0.2) is 42.7 Å². The molecule has 0 aliphatic carbocycles. The lowest BCUT2D eigenvalue weighted by Gasteiger charge is -2.24. The molecule has 0 saturated heterocycles. The van der Waals surface area contributed by atoms with Crippen LogP contribution < -0.4 is 0 Å². The van der Waals surface area contributed by atoms with Gasteiger partial charge in [0.2, 0.25) is 0 Å². The fourth-order valence-corrected chi connectivity index (χ4v) is 2.08. The van der Waals surface area contributed by atoms with Crippen LogP contribution in [0.2, 0.25) is 0 Å². The zero-order valence-electron chi connectivity index (χ0n) is 11.5. The number of hydrogen-bond donors (Lipinski definition) is 1. The Hall–Kier alpha value is -0.820. The van der Waals surface area contributed by atoms with Gasteiger partial charge < -0.3 is 14.7 Å². The van der Waals surface area contributed by atoms with Gasteiger partial charge in [-0.3, -0.25) is 4.79 Å². The number of rotatable bonds is 6. The van der Waals surface area contributed by atoms with Gasteiger partial charge in [-0.25, -0.2) is 0 Å². The summed E-state index contributed by atoms with van der Waals surface area (Å²) in [6, 6.07) is 5.00. The van der Waals surface area contributed by atoms with Crippen molar-refractivity contribution in [2.75, 3.05) is 26.8 Å². The molecule has 106 valence electrons. The van der Waals surface area contributed by atoms with Gasteiger partial charge in [0.1, 0.15) is 5.75 Å². The van der Waals surface area contributed by atoms with Crippen LogP contribution in [0.15, 0.2) is 18.2 Å². The number of methoxy groups -OCH3 is 1. The molecular weight excluding hydrogens is 357 g/mol. The monoisotopic (exact) mass is 377 g/mol. The number of benzene rings is 1. The molecule has 1 aromatic carbocycles. The van der Waals surface area contributed by atoms with Crippen molar-refractivity contribution in [1.29, 1.82) is 0 Å². The molecule has 19 heavy (non-hydrogen) atoms. The molecule has 1 aromatic rings. The lowest BCUT2D eigenvalue weighted by atomic mass is 10.1. The molecule has 1 amide bonds. The third-order valence-electron chi connectivity index (χ3n) is 2.63. The van der Waals surface area contributed by atoms with E-state index in [4.69, 9.17) is 4.74 Å². The van der Waals surface area contributed by atoms with Gasteiger partial charge in [-0.2, -0.15) is 0 Å². The standard InChI is InChI=1S/C14H20INO3/c1-10(2)9-16(6-7-19-3)14(18)11-4-5-12(15)13(17)8-11/h4-5,8,10,17H,6-7,9H2,1-3H3. The Balaban J connectivity index is 2.87. The van der Waals surface area contributed by atoms with Crippen LogP contribution >= 0.6 is 22.6 Å². The van der Waals surface area contributed by atoms with Gasteiger partial charge in [0, 0.05) is 25.8 Å². The minimum absolute atomic E-state index is 0.0718. The van der Waals surface area contributed by atoms with E-state index in [1.54, 1.807) is 24.1 Å². The first-order valence-corrected chi connectivity index (χ1v) is 7.30. The number of amides is 1. The first kappa shape index (κ1) is 16.2. The summed E-state index contributed by atoms with van der Waals surface area (Å²) in [5.74, 6) is 0.457. The maximum absolute atomic E-state index is 12.4. The number of halogens is 1. The van der Waals surface area contributed by atoms with Crippen LogP contribution in [0.1, 0.15) is 24.2 Å². The second-order valence-electron chi connectivity index (χ2n) is 4.80. The van der Waals surface area contributed by atoms with Gasteiger partial charge in [0.15, 0.2) is 0 Å². The van der Waals surface area contributed by atoms with E-state index in [1.165, 1.54) is 6.07 Å². The van der Waals surface area contributed by atoms with Crippen molar-refractivity contribution in [1.82, 2.24) is 4.90 Å². The molecule has 5 heteroatoms. The maximum Gasteiger partial charge on any atom is 0.254 e. The van der Waals surface area contributed by atoms with Crippen LogP contribution in [0.25, 0.3) is 0 Å². The Morgan fingerprint density at radius 2 is 2.16 bits per heavy atom. The second kappa shape index (κ2) is 7.69. The highest BCUT2D eigenvalue weighted by Gasteiger charge is 2.17. The van der Waals surface area contributed by atoms with E-state index in [0.717, 1.165) is 3.57 Å². The Morgan fingerprint density at radius 1 is 1.47 bits per heavy atom. The molecule has 0 saturated carbocycles. The van der Waals surface area contributed by atoms with Gasteiger partial charge in [0.05, 0.1) is 10.2 Å². The first-order valence-electron chi connectivity index (χ1n) is 6.22. The summed E-state index contributed by atoms with van der Waals surface area (Å²) < 4.78 is 5.78. The molecule has 0 heterocycles. The van der Waals surface area contributed by atoms with Crippen LogP contribution in [-0.2, 0) is 4.74 Å². The number of phenols is 1. The number of carbonyl (C=O) groups is 1. The van der Waals surface area contributed by atoms with Crippen LogP contribution in [0, 0.1) is 9.49 Å². The largest absolute Gasteiger partial charge is 0.507 e. The van der Waals surface area contributed by atoms with Crippen LogP contribution in [0.5, 0.6) is 5.75 Å². The topological polar surface area (TPSA) is 49.8 Å². The smallest absolute Gasteiger partial charge is 0.254 e. The van der Waals surface area contributed by atoms with Gasteiger partial charge in [0.25, 0.3) is 5.91 Å². The van der Waals surface area contributed by atoms with Crippen molar-refractivity contribution >= 4 is 28.5 Å². The fourth-order valence-electron chi connectivity index (χ4n) is 1.75.